The zero-order valence-corrected chi connectivity index (χ0v) is 13.2. The van der Waals surface area contributed by atoms with Gasteiger partial charge in [0, 0.05) is 30.4 Å². The molecule has 0 bridgehead atoms. The monoisotopic (exact) mass is 375 g/mol. The first kappa shape index (κ1) is 16.7. The Kier molecular flexibility index (Phi) is 5.02. The van der Waals surface area contributed by atoms with Crippen LogP contribution in [0.5, 0.6) is 5.75 Å². The summed E-state index contributed by atoms with van der Waals surface area (Å²) in [4.78, 5) is 24.3. The van der Waals surface area contributed by atoms with Crippen LogP contribution in [-0.4, -0.2) is 52.3 Å². The van der Waals surface area contributed by atoms with Crippen molar-refractivity contribution in [2.24, 2.45) is 0 Å². The molecule has 0 radical (unpaired) electrons. The number of piperidine rings is 1. The van der Waals surface area contributed by atoms with Crippen LogP contribution in [0.2, 0.25) is 0 Å². The Balaban J connectivity index is 1.87. The van der Waals surface area contributed by atoms with Crippen LogP contribution in [0.15, 0.2) is 22.7 Å². The van der Waals surface area contributed by atoms with Crippen molar-refractivity contribution >= 4 is 27.8 Å². The van der Waals surface area contributed by atoms with E-state index < -0.39 is 17.4 Å². The number of carboxylic acid groups (broad SMARTS) is 1. The molecule has 0 aliphatic carbocycles. The molecule has 1 aliphatic rings. The lowest BCUT2D eigenvalue weighted by Crippen LogP contribution is -2.51. The molecule has 2 N–H and O–H groups in total. The second-order valence-electron chi connectivity index (χ2n) is 5.08. The Morgan fingerprint density at radius 2 is 2.00 bits per heavy atom. The molecule has 0 aromatic heterocycles. The van der Waals surface area contributed by atoms with Crippen molar-refractivity contribution in [2.75, 3.05) is 19.7 Å². The molecule has 1 aromatic carbocycles. The molecule has 0 spiro atoms. The van der Waals surface area contributed by atoms with Crippen molar-refractivity contribution in [2.45, 2.75) is 18.4 Å². The van der Waals surface area contributed by atoms with Crippen molar-refractivity contribution in [1.82, 2.24) is 4.90 Å². The number of ether oxygens (including phenoxy) is 1. The minimum Gasteiger partial charge on any atom is -0.481 e. The lowest BCUT2D eigenvalue weighted by atomic mass is 9.92. The van der Waals surface area contributed by atoms with Crippen LogP contribution in [0.3, 0.4) is 0 Å². The maximum Gasteiger partial charge on any atom is 0.335 e. The van der Waals surface area contributed by atoms with E-state index in [1.54, 1.807) is 6.07 Å². The van der Waals surface area contributed by atoms with Crippen LogP contribution in [0, 0.1) is 5.82 Å². The van der Waals surface area contributed by atoms with Crippen molar-refractivity contribution in [1.29, 1.82) is 0 Å². The average molecular weight is 376 g/mol. The molecule has 1 heterocycles. The molecule has 1 amide bonds. The van der Waals surface area contributed by atoms with Crippen LogP contribution < -0.4 is 4.74 Å². The molecule has 1 aliphatic heterocycles. The lowest BCUT2D eigenvalue weighted by molar-refractivity contribution is -0.165. The van der Waals surface area contributed by atoms with E-state index >= 15 is 0 Å². The van der Waals surface area contributed by atoms with Gasteiger partial charge in [-0.1, -0.05) is 15.9 Å². The van der Waals surface area contributed by atoms with Crippen molar-refractivity contribution in [3.63, 3.8) is 0 Å². The number of carboxylic acids is 1. The number of amides is 1. The van der Waals surface area contributed by atoms with Gasteiger partial charge < -0.3 is 19.8 Å². The fraction of sp³-hybridized carbons (Fsp3) is 0.429. The summed E-state index contributed by atoms with van der Waals surface area (Å²) in [6.45, 7) is -0.105. The van der Waals surface area contributed by atoms with Crippen molar-refractivity contribution in [3.8, 4) is 5.75 Å². The molecule has 0 unspecified atom stereocenters. The second kappa shape index (κ2) is 6.62. The number of halogens is 2. The molecule has 22 heavy (non-hydrogen) atoms. The Hall–Kier alpha value is -1.67. The minimum atomic E-state index is -1.78. The zero-order valence-electron chi connectivity index (χ0n) is 11.6. The van der Waals surface area contributed by atoms with E-state index in [2.05, 4.69) is 15.9 Å². The average Bonchev–Trinajstić information content (AvgIpc) is 2.46. The van der Waals surface area contributed by atoms with Gasteiger partial charge in [-0.3, -0.25) is 4.79 Å². The number of rotatable bonds is 4. The number of hydrogen-bond acceptors (Lipinski definition) is 4. The summed E-state index contributed by atoms with van der Waals surface area (Å²) in [5, 5.41) is 18.7. The molecule has 1 saturated heterocycles. The van der Waals surface area contributed by atoms with Crippen LogP contribution in [-0.2, 0) is 9.59 Å². The third-order valence-corrected chi connectivity index (χ3v) is 4.08. The van der Waals surface area contributed by atoms with Crippen LogP contribution in [0.4, 0.5) is 4.39 Å². The van der Waals surface area contributed by atoms with Gasteiger partial charge in [-0.25, -0.2) is 9.18 Å². The summed E-state index contributed by atoms with van der Waals surface area (Å²) in [6, 6.07) is 4.23. The van der Waals surface area contributed by atoms with E-state index in [1.165, 1.54) is 17.0 Å². The fourth-order valence-electron chi connectivity index (χ4n) is 2.16. The smallest absolute Gasteiger partial charge is 0.335 e. The zero-order chi connectivity index (χ0) is 16.3. The van der Waals surface area contributed by atoms with Gasteiger partial charge in [0.1, 0.15) is 0 Å². The number of aliphatic hydroxyl groups is 1. The quantitative estimate of drug-likeness (QED) is 0.830. The first-order chi connectivity index (χ1) is 10.3. The summed E-state index contributed by atoms with van der Waals surface area (Å²) in [6.07, 6.45) is -0.0819. The van der Waals surface area contributed by atoms with Gasteiger partial charge in [-0.05, 0) is 18.2 Å². The minimum absolute atomic E-state index is 0.0319. The van der Waals surface area contributed by atoms with E-state index in [1.807, 2.05) is 0 Å². The molecule has 2 rings (SSSR count). The van der Waals surface area contributed by atoms with E-state index in [9.17, 15) is 19.1 Å². The molecular weight excluding hydrogens is 361 g/mol. The highest BCUT2D eigenvalue weighted by atomic mass is 79.9. The van der Waals surface area contributed by atoms with Gasteiger partial charge in [-0.2, -0.15) is 0 Å². The lowest BCUT2D eigenvalue weighted by Gasteiger charge is -2.35. The van der Waals surface area contributed by atoms with Gasteiger partial charge in [0.25, 0.3) is 5.91 Å². The summed E-state index contributed by atoms with van der Waals surface area (Å²) in [5.74, 6) is -2.28. The first-order valence-electron chi connectivity index (χ1n) is 6.63. The predicted octanol–water partition coefficient (Wildman–Crippen LogP) is 1.41. The predicted molar refractivity (Wildman–Crippen MR) is 78.0 cm³/mol. The SMILES string of the molecule is O=C(COc1ccc(Br)cc1F)N1CCC(O)(C(=O)O)CC1. The highest BCUT2D eigenvalue weighted by Crippen LogP contribution is 2.24. The number of carbonyl (C=O) groups excluding carboxylic acids is 1. The molecule has 8 heteroatoms. The van der Waals surface area contributed by atoms with E-state index in [0.29, 0.717) is 4.47 Å². The van der Waals surface area contributed by atoms with E-state index in [-0.39, 0.29) is 44.2 Å². The largest absolute Gasteiger partial charge is 0.481 e. The third kappa shape index (κ3) is 3.75. The van der Waals surface area contributed by atoms with Crippen LogP contribution in [0.25, 0.3) is 0 Å². The second-order valence-corrected chi connectivity index (χ2v) is 6.00. The fourth-order valence-corrected chi connectivity index (χ4v) is 2.50. The van der Waals surface area contributed by atoms with Gasteiger partial charge in [0.2, 0.25) is 0 Å². The Morgan fingerprint density at radius 3 is 2.55 bits per heavy atom. The Morgan fingerprint density at radius 1 is 1.36 bits per heavy atom. The highest BCUT2D eigenvalue weighted by Gasteiger charge is 2.40. The van der Waals surface area contributed by atoms with Gasteiger partial charge in [0.05, 0.1) is 0 Å². The van der Waals surface area contributed by atoms with Gasteiger partial charge >= 0.3 is 5.97 Å². The number of carbonyl (C=O) groups is 2. The first-order valence-corrected chi connectivity index (χ1v) is 7.42. The molecule has 1 aromatic rings. The van der Waals surface area contributed by atoms with Gasteiger partial charge in [-0.15, -0.1) is 0 Å². The van der Waals surface area contributed by atoms with Gasteiger partial charge in [0.15, 0.2) is 23.8 Å². The number of likely N-dealkylation sites (tertiary alicyclic amines) is 1. The van der Waals surface area contributed by atoms with E-state index in [4.69, 9.17) is 9.84 Å². The normalized spacial score (nSPS) is 17.1. The summed E-state index contributed by atoms with van der Waals surface area (Å²) in [5.41, 5.74) is -1.78. The summed E-state index contributed by atoms with van der Waals surface area (Å²) < 4.78 is 19.3. The molecule has 6 nitrogen and oxygen atoms in total. The van der Waals surface area contributed by atoms with Crippen molar-refractivity contribution in [3.05, 3.63) is 28.5 Å². The molecule has 1 fully saturated rings. The highest BCUT2D eigenvalue weighted by molar-refractivity contribution is 9.10. The maximum absolute atomic E-state index is 13.6. The van der Waals surface area contributed by atoms with Crippen LogP contribution in [0.1, 0.15) is 12.8 Å². The standard InChI is InChI=1S/C14H15BrFNO5/c15-9-1-2-11(10(16)7-9)22-8-12(18)17-5-3-14(21,4-6-17)13(19)20/h1-2,7,21H,3-6,8H2,(H,19,20). The Labute approximate surface area is 134 Å². The van der Waals surface area contributed by atoms with E-state index in [0.717, 1.165) is 0 Å². The number of aliphatic carboxylic acids is 1. The maximum atomic E-state index is 13.6. The number of nitrogens with zero attached hydrogens (tertiary/aromatic N) is 1. The summed E-state index contributed by atoms with van der Waals surface area (Å²) in [7, 11) is 0. The molecular formula is C14H15BrFNO5. The number of benzene rings is 1. The molecule has 120 valence electrons. The third-order valence-electron chi connectivity index (χ3n) is 3.59. The topological polar surface area (TPSA) is 87.1 Å². The van der Waals surface area contributed by atoms with Crippen LogP contribution >= 0.6 is 15.9 Å². The Bertz CT molecular complexity index is 587. The number of hydrogen-bond donors (Lipinski definition) is 2. The summed E-state index contributed by atoms with van der Waals surface area (Å²) >= 11 is 3.12. The molecule has 0 saturated carbocycles. The molecule has 0 atom stereocenters. The van der Waals surface area contributed by atoms with Crippen molar-refractivity contribution < 1.29 is 28.9 Å².